The number of rotatable bonds is 6. The first kappa shape index (κ1) is 19.3. The van der Waals surface area contributed by atoms with Crippen LogP contribution in [0.15, 0.2) is 97.2 Å². The Bertz CT molecular complexity index is 1170. The van der Waals surface area contributed by atoms with Crippen LogP contribution in [0.5, 0.6) is 0 Å². The van der Waals surface area contributed by atoms with E-state index in [1.54, 1.807) is 16.8 Å². The molecular formula is C25H19FN2O2. The fraction of sp³-hybridized carbons (Fsp3) is 0.0400. The van der Waals surface area contributed by atoms with Crippen molar-refractivity contribution in [2.45, 2.75) is 6.61 Å². The van der Waals surface area contributed by atoms with Crippen LogP contribution in [0.25, 0.3) is 23.0 Å². The maximum absolute atomic E-state index is 13.2. The third-order valence-electron chi connectivity index (χ3n) is 4.49. The molecule has 0 radical (unpaired) electrons. The van der Waals surface area contributed by atoms with E-state index in [2.05, 4.69) is 0 Å². The number of ether oxygens (including phenoxy) is 1. The van der Waals surface area contributed by atoms with Crippen molar-refractivity contribution in [1.29, 1.82) is 0 Å². The van der Waals surface area contributed by atoms with Gasteiger partial charge in [0.2, 0.25) is 0 Å². The standard InChI is InChI=1S/C25H19FN2O2/c26-22-11-7-8-19(16-22)14-15-24(29)30-18-21-17-28(23-12-5-2-6-13-23)27-25(21)20-9-3-1-4-10-20/h1-17H,18H2/b15-14+. The number of para-hydroxylation sites is 1. The summed E-state index contributed by atoms with van der Waals surface area (Å²) in [4.78, 5) is 12.2. The van der Waals surface area contributed by atoms with Crippen molar-refractivity contribution in [3.05, 3.63) is 114 Å². The van der Waals surface area contributed by atoms with E-state index >= 15 is 0 Å². The topological polar surface area (TPSA) is 44.1 Å². The second-order valence-corrected chi connectivity index (χ2v) is 6.65. The molecule has 0 saturated carbocycles. The molecule has 4 aromatic rings. The number of nitrogens with zero attached hydrogens (tertiary/aromatic N) is 2. The molecule has 5 heteroatoms. The molecule has 0 amide bonds. The Balaban J connectivity index is 1.54. The predicted octanol–water partition coefficient (Wildman–Crippen LogP) is 5.44. The van der Waals surface area contributed by atoms with Crippen molar-refractivity contribution < 1.29 is 13.9 Å². The summed E-state index contributed by atoms with van der Waals surface area (Å²) in [7, 11) is 0. The van der Waals surface area contributed by atoms with Gasteiger partial charge in [-0.05, 0) is 35.9 Å². The summed E-state index contributed by atoms with van der Waals surface area (Å²) < 4.78 is 20.4. The zero-order valence-corrected chi connectivity index (χ0v) is 16.1. The lowest BCUT2D eigenvalue weighted by atomic mass is 10.1. The van der Waals surface area contributed by atoms with Gasteiger partial charge in [-0.1, -0.05) is 60.7 Å². The molecule has 148 valence electrons. The molecule has 0 aliphatic heterocycles. The van der Waals surface area contributed by atoms with Gasteiger partial charge >= 0.3 is 5.97 Å². The molecule has 0 fully saturated rings. The van der Waals surface area contributed by atoms with Gasteiger partial charge < -0.3 is 4.74 Å². The molecule has 0 unspecified atom stereocenters. The van der Waals surface area contributed by atoms with Crippen LogP contribution < -0.4 is 0 Å². The zero-order valence-electron chi connectivity index (χ0n) is 16.1. The van der Waals surface area contributed by atoms with Gasteiger partial charge in [-0.15, -0.1) is 0 Å². The van der Waals surface area contributed by atoms with Crippen molar-refractivity contribution >= 4 is 12.0 Å². The largest absolute Gasteiger partial charge is 0.458 e. The summed E-state index contributed by atoms with van der Waals surface area (Å²) in [6, 6.07) is 25.5. The molecule has 4 nitrogen and oxygen atoms in total. The fourth-order valence-corrected chi connectivity index (χ4v) is 3.04. The summed E-state index contributed by atoms with van der Waals surface area (Å²) in [6.07, 6.45) is 4.68. The molecule has 1 heterocycles. The van der Waals surface area contributed by atoms with Crippen LogP contribution in [0.1, 0.15) is 11.1 Å². The second-order valence-electron chi connectivity index (χ2n) is 6.65. The van der Waals surface area contributed by atoms with Gasteiger partial charge in [0.15, 0.2) is 0 Å². The van der Waals surface area contributed by atoms with Crippen LogP contribution in [0.3, 0.4) is 0 Å². The van der Waals surface area contributed by atoms with Gasteiger partial charge in [-0.3, -0.25) is 0 Å². The van der Waals surface area contributed by atoms with Crippen LogP contribution in [-0.2, 0) is 16.1 Å². The first-order chi connectivity index (χ1) is 14.7. The number of carbonyl (C=O) groups excluding carboxylic acids is 1. The van der Waals surface area contributed by atoms with Crippen LogP contribution in [0.2, 0.25) is 0 Å². The molecule has 0 saturated heterocycles. The van der Waals surface area contributed by atoms with Crippen molar-refractivity contribution in [3.63, 3.8) is 0 Å². The number of benzene rings is 3. The van der Waals surface area contributed by atoms with Crippen LogP contribution in [0.4, 0.5) is 4.39 Å². The van der Waals surface area contributed by atoms with Gasteiger partial charge in [0.1, 0.15) is 12.4 Å². The fourth-order valence-electron chi connectivity index (χ4n) is 3.04. The Labute approximate surface area is 173 Å². The molecule has 0 bridgehead atoms. The number of hydrogen-bond acceptors (Lipinski definition) is 3. The minimum Gasteiger partial charge on any atom is -0.458 e. The van der Waals surface area contributed by atoms with Crippen LogP contribution >= 0.6 is 0 Å². The molecule has 0 N–H and O–H groups in total. The Morgan fingerprint density at radius 2 is 1.70 bits per heavy atom. The Morgan fingerprint density at radius 3 is 2.43 bits per heavy atom. The summed E-state index contributed by atoms with van der Waals surface area (Å²) in [5.74, 6) is -0.864. The molecule has 30 heavy (non-hydrogen) atoms. The minimum atomic E-state index is -0.509. The van der Waals surface area contributed by atoms with Crippen molar-refractivity contribution in [2.24, 2.45) is 0 Å². The van der Waals surface area contributed by atoms with E-state index in [9.17, 15) is 9.18 Å². The van der Waals surface area contributed by atoms with Crippen molar-refractivity contribution in [1.82, 2.24) is 9.78 Å². The number of esters is 1. The molecule has 0 aliphatic rings. The van der Waals surface area contributed by atoms with E-state index in [0.717, 1.165) is 22.5 Å². The second kappa shape index (κ2) is 9.01. The highest BCUT2D eigenvalue weighted by molar-refractivity contribution is 5.87. The Morgan fingerprint density at radius 1 is 0.967 bits per heavy atom. The average Bonchev–Trinajstić information content (AvgIpc) is 3.22. The highest BCUT2D eigenvalue weighted by Crippen LogP contribution is 2.24. The predicted molar refractivity (Wildman–Crippen MR) is 114 cm³/mol. The van der Waals surface area contributed by atoms with E-state index in [1.165, 1.54) is 24.3 Å². The Kier molecular flexibility index (Phi) is 5.80. The van der Waals surface area contributed by atoms with Crippen molar-refractivity contribution in [3.8, 4) is 16.9 Å². The molecule has 0 spiro atoms. The monoisotopic (exact) mass is 398 g/mol. The number of hydrogen-bond donors (Lipinski definition) is 0. The van der Waals surface area contributed by atoms with Crippen molar-refractivity contribution in [2.75, 3.05) is 0 Å². The van der Waals surface area contributed by atoms with E-state index in [1.807, 2.05) is 66.9 Å². The van der Waals surface area contributed by atoms with Gasteiger partial charge in [0, 0.05) is 23.4 Å². The third kappa shape index (κ3) is 4.70. The first-order valence-electron chi connectivity index (χ1n) is 9.49. The van der Waals surface area contributed by atoms with Gasteiger partial charge in [0.25, 0.3) is 0 Å². The van der Waals surface area contributed by atoms with Crippen LogP contribution in [-0.4, -0.2) is 15.7 Å². The van der Waals surface area contributed by atoms with Gasteiger partial charge in [-0.25, -0.2) is 13.9 Å². The first-order valence-corrected chi connectivity index (χ1v) is 9.49. The SMILES string of the molecule is O=C(/C=C/c1cccc(F)c1)OCc1cn(-c2ccccc2)nc1-c1ccccc1. The zero-order chi connectivity index (χ0) is 20.8. The van der Waals surface area contributed by atoms with E-state index < -0.39 is 5.97 Å². The lowest BCUT2D eigenvalue weighted by Gasteiger charge is -2.03. The molecule has 0 atom stereocenters. The summed E-state index contributed by atoms with van der Waals surface area (Å²) in [5.41, 5.74) is 3.99. The van der Waals surface area contributed by atoms with Gasteiger partial charge in [0.05, 0.1) is 11.4 Å². The molecular weight excluding hydrogens is 379 g/mol. The number of carbonyl (C=O) groups is 1. The normalized spacial score (nSPS) is 11.0. The quantitative estimate of drug-likeness (QED) is 0.321. The highest BCUT2D eigenvalue weighted by atomic mass is 19.1. The van der Waals surface area contributed by atoms with Gasteiger partial charge in [-0.2, -0.15) is 5.10 Å². The smallest absolute Gasteiger partial charge is 0.331 e. The summed E-state index contributed by atoms with van der Waals surface area (Å²) in [5, 5.41) is 4.70. The van der Waals surface area contributed by atoms with E-state index in [4.69, 9.17) is 9.84 Å². The molecule has 4 rings (SSSR count). The lowest BCUT2D eigenvalue weighted by molar-refractivity contribution is -0.138. The number of halogens is 1. The maximum atomic E-state index is 13.2. The summed E-state index contributed by atoms with van der Waals surface area (Å²) >= 11 is 0. The highest BCUT2D eigenvalue weighted by Gasteiger charge is 2.13. The third-order valence-corrected chi connectivity index (χ3v) is 4.49. The summed E-state index contributed by atoms with van der Waals surface area (Å²) in [6.45, 7) is 0.0728. The average molecular weight is 398 g/mol. The van der Waals surface area contributed by atoms with Crippen LogP contribution in [0, 0.1) is 5.82 Å². The molecule has 1 aromatic heterocycles. The minimum absolute atomic E-state index is 0.0728. The Hall–Kier alpha value is -3.99. The maximum Gasteiger partial charge on any atom is 0.331 e. The molecule has 3 aromatic carbocycles. The number of aromatic nitrogens is 2. The lowest BCUT2D eigenvalue weighted by Crippen LogP contribution is -2.01. The molecule has 0 aliphatic carbocycles. The van der Waals surface area contributed by atoms with E-state index in [0.29, 0.717) is 5.56 Å². The van der Waals surface area contributed by atoms with E-state index in [-0.39, 0.29) is 12.4 Å².